The van der Waals surface area contributed by atoms with Crippen molar-refractivity contribution in [2.75, 3.05) is 19.1 Å². The van der Waals surface area contributed by atoms with Gasteiger partial charge < -0.3 is 15.4 Å². The molecule has 2 rings (SSSR count). The maximum absolute atomic E-state index is 5.70. The minimum atomic E-state index is 0.291. The summed E-state index contributed by atoms with van der Waals surface area (Å²) < 4.78 is 5.21. The fraction of sp³-hybridized carbons (Fsp3) is 0.154. The van der Waals surface area contributed by atoms with Crippen LogP contribution in [0.3, 0.4) is 0 Å². The maximum atomic E-state index is 5.70. The SMILES string of the molecule is COc1cccc(N(C)c2nnccc2C(N)=S)c1. The molecule has 0 atom stereocenters. The van der Waals surface area contributed by atoms with Gasteiger partial charge in [-0.2, -0.15) is 5.10 Å². The molecule has 19 heavy (non-hydrogen) atoms. The van der Waals surface area contributed by atoms with Gasteiger partial charge in [0.25, 0.3) is 0 Å². The molecule has 1 heterocycles. The summed E-state index contributed by atoms with van der Waals surface area (Å²) in [6, 6.07) is 9.38. The number of aromatic nitrogens is 2. The molecule has 0 aliphatic heterocycles. The van der Waals surface area contributed by atoms with Gasteiger partial charge in [0.2, 0.25) is 0 Å². The highest BCUT2D eigenvalue weighted by Crippen LogP contribution is 2.27. The van der Waals surface area contributed by atoms with Crippen molar-refractivity contribution in [2.45, 2.75) is 0 Å². The lowest BCUT2D eigenvalue weighted by atomic mass is 10.2. The summed E-state index contributed by atoms with van der Waals surface area (Å²) in [4.78, 5) is 2.16. The predicted octanol–water partition coefficient (Wildman–Crippen LogP) is 1.89. The van der Waals surface area contributed by atoms with E-state index in [1.807, 2.05) is 36.2 Å². The van der Waals surface area contributed by atoms with E-state index < -0.39 is 0 Å². The summed E-state index contributed by atoms with van der Waals surface area (Å²) in [5.41, 5.74) is 7.30. The van der Waals surface area contributed by atoms with Crippen LogP contribution in [0.1, 0.15) is 5.56 Å². The quantitative estimate of drug-likeness (QED) is 0.859. The third kappa shape index (κ3) is 2.79. The highest BCUT2D eigenvalue weighted by Gasteiger charge is 2.13. The molecule has 0 saturated heterocycles. The average molecular weight is 274 g/mol. The first-order valence-electron chi connectivity index (χ1n) is 5.62. The second kappa shape index (κ2) is 5.62. The first-order valence-corrected chi connectivity index (χ1v) is 6.03. The number of thiocarbonyl (C=S) groups is 1. The van der Waals surface area contributed by atoms with Crippen LogP contribution in [0.5, 0.6) is 5.75 Å². The zero-order valence-electron chi connectivity index (χ0n) is 10.7. The molecule has 0 aliphatic carbocycles. The smallest absolute Gasteiger partial charge is 0.165 e. The van der Waals surface area contributed by atoms with E-state index in [0.717, 1.165) is 11.4 Å². The molecule has 0 fully saturated rings. The van der Waals surface area contributed by atoms with Crippen LogP contribution in [0.25, 0.3) is 0 Å². The van der Waals surface area contributed by atoms with Gasteiger partial charge in [0.05, 0.1) is 18.9 Å². The highest BCUT2D eigenvalue weighted by atomic mass is 32.1. The van der Waals surface area contributed by atoms with E-state index in [2.05, 4.69) is 10.2 Å². The fourth-order valence-electron chi connectivity index (χ4n) is 1.71. The second-order valence-corrected chi connectivity index (χ2v) is 4.33. The van der Waals surface area contributed by atoms with Gasteiger partial charge in [-0.25, -0.2) is 0 Å². The van der Waals surface area contributed by atoms with Crippen LogP contribution in [0, 0.1) is 0 Å². The Hall–Kier alpha value is -2.21. The minimum Gasteiger partial charge on any atom is -0.497 e. The molecule has 0 saturated carbocycles. The molecule has 6 heteroatoms. The predicted molar refractivity (Wildman–Crippen MR) is 79.0 cm³/mol. The Morgan fingerprint density at radius 1 is 1.37 bits per heavy atom. The summed E-state index contributed by atoms with van der Waals surface area (Å²) in [6.07, 6.45) is 1.57. The largest absolute Gasteiger partial charge is 0.497 e. The van der Waals surface area contributed by atoms with Crippen LogP contribution >= 0.6 is 12.2 Å². The van der Waals surface area contributed by atoms with Gasteiger partial charge in [-0.05, 0) is 18.2 Å². The second-order valence-electron chi connectivity index (χ2n) is 3.89. The molecular weight excluding hydrogens is 260 g/mol. The molecule has 1 aromatic carbocycles. The minimum absolute atomic E-state index is 0.291. The summed E-state index contributed by atoms with van der Waals surface area (Å²) in [5, 5.41) is 7.98. The van der Waals surface area contributed by atoms with E-state index in [9.17, 15) is 0 Å². The van der Waals surface area contributed by atoms with E-state index in [4.69, 9.17) is 22.7 Å². The van der Waals surface area contributed by atoms with E-state index in [1.54, 1.807) is 19.4 Å². The summed E-state index contributed by atoms with van der Waals surface area (Å²) in [7, 11) is 3.50. The molecule has 0 amide bonds. The van der Waals surface area contributed by atoms with E-state index in [0.29, 0.717) is 16.4 Å². The molecule has 1 aromatic heterocycles. The Labute approximate surface area is 117 Å². The van der Waals surface area contributed by atoms with E-state index >= 15 is 0 Å². The number of rotatable bonds is 4. The van der Waals surface area contributed by atoms with Crippen molar-refractivity contribution >= 4 is 28.7 Å². The van der Waals surface area contributed by atoms with Crippen molar-refractivity contribution in [3.63, 3.8) is 0 Å². The van der Waals surface area contributed by atoms with Crippen LogP contribution < -0.4 is 15.4 Å². The van der Waals surface area contributed by atoms with Gasteiger partial charge in [0.15, 0.2) is 5.82 Å². The van der Waals surface area contributed by atoms with Crippen molar-refractivity contribution in [2.24, 2.45) is 5.73 Å². The van der Waals surface area contributed by atoms with Gasteiger partial charge in [0.1, 0.15) is 10.7 Å². The number of hydrogen-bond donors (Lipinski definition) is 1. The molecule has 0 unspecified atom stereocenters. The van der Waals surface area contributed by atoms with Crippen molar-refractivity contribution < 1.29 is 4.74 Å². The first kappa shape index (κ1) is 13.2. The Bertz CT molecular complexity index is 603. The van der Waals surface area contributed by atoms with Gasteiger partial charge in [-0.15, -0.1) is 5.10 Å². The van der Waals surface area contributed by atoms with E-state index in [1.165, 1.54) is 0 Å². The Balaban J connectivity index is 2.43. The molecule has 2 aromatic rings. The summed E-state index contributed by atoms with van der Waals surface area (Å²) >= 11 is 5.03. The Kier molecular flexibility index (Phi) is 3.91. The van der Waals surface area contributed by atoms with Crippen molar-refractivity contribution in [1.29, 1.82) is 0 Å². The van der Waals surface area contributed by atoms with Crippen LogP contribution in [-0.2, 0) is 0 Å². The molecule has 98 valence electrons. The lowest BCUT2D eigenvalue weighted by Gasteiger charge is -2.20. The zero-order valence-corrected chi connectivity index (χ0v) is 11.5. The number of nitrogens with two attached hydrogens (primary N) is 1. The summed E-state index contributed by atoms with van der Waals surface area (Å²) in [5.74, 6) is 1.38. The third-order valence-corrected chi connectivity index (χ3v) is 2.94. The lowest BCUT2D eigenvalue weighted by Crippen LogP contribution is -2.19. The maximum Gasteiger partial charge on any atom is 0.165 e. The van der Waals surface area contributed by atoms with Crippen LogP contribution in [0.15, 0.2) is 36.5 Å². The molecular formula is C13H14N4OS. The Morgan fingerprint density at radius 3 is 2.84 bits per heavy atom. The molecule has 0 bridgehead atoms. The van der Waals surface area contributed by atoms with E-state index in [-0.39, 0.29) is 0 Å². The van der Waals surface area contributed by atoms with Crippen molar-refractivity contribution in [3.8, 4) is 5.75 Å². The molecule has 0 aliphatic rings. The molecule has 0 radical (unpaired) electrons. The first-order chi connectivity index (χ1) is 9.13. The number of ether oxygens (including phenoxy) is 1. The number of nitrogens with zero attached hydrogens (tertiary/aromatic N) is 3. The van der Waals surface area contributed by atoms with Gasteiger partial charge >= 0.3 is 0 Å². The van der Waals surface area contributed by atoms with Crippen LogP contribution in [0.4, 0.5) is 11.5 Å². The van der Waals surface area contributed by atoms with Crippen LogP contribution in [0.2, 0.25) is 0 Å². The highest BCUT2D eigenvalue weighted by molar-refractivity contribution is 7.80. The van der Waals surface area contributed by atoms with Crippen LogP contribution in [-0.4, -0.2) is 29.3 Å². The molecule has 0 spiro atoms. The standard InChI is InChI=1S/C13H14N4OS/c1-17(9-4-3-5-10(8-9)18-2)13-11(12(14)19)6-7-15-16-13/h3-8H,1-2H3,(H2,14,19). The Morgan fingerprint density at radius 2 is 2.16 bits per heavy atom. The van der Waals surface area contributed by atoms with Gasteiger partial charge in [-0.1, -0.05) is 18.3 Å². The zero-order chi connectivity index (χ0) is 13.8. The monoisotopic (exact) mass is 274 g/mol. The fourth-order valence-corrected chi connectivity index (χ4v) is 1.87. The number of benzene rings is 1. The van der Waals surface area contributed by atoms with Gasteiger partial charge in [-0.3, -0.25) is 0 Å². The number of hydrogen-bond acceptors (Lipinski definition) is 5. The van der Waals surface area contributed by atoms with Crippen molar-refractivity contribution in [3.05, 3.63) is 42.1 Å². The normalized spacial score (nSPS) is 10.0. The number of anilines is 2. The topological polar surface area (TPSA) is 64.3 Å². The van der Waals surface area contributed by atoms with Crippen molar-refractivity contribution in [1.82, 2.24) is 10.2 Å². The third-order valence-electron chi connectivity index (χ3n) is 2.73. The number of methoxy groups -OCH3 is 1. The summed E-state index contributed by atoms with van der Waals surface area (Å²) in [6.45, 7) is 0. The molecule has 2 N–H and O–H groups in total. The molecule has 5 nitrogen and oxygen atoms in total. The lowest BCUT2D eigenvalue weighted by molar-refractivity contribution is 0.415. The average Bonchev–Trinajstić information content (AvgIpc) is 2.46. The van der Waals surface area contributed by atoms with Gasteiger partial charge in [0, 0.05) is 18.8 Å².